The first-order chi connectivity index (χ1) is 9.81. The van der Waals surface area contributed by atoms with Crippen LogP contribution < -0.4 is 10.6 Å². The Labute approximate surface area is 120 Å². The van der Waals surface area contributed by atoms with Crippen LogP contribution in [0.3, 0.4) is 0 Å². The molecule has 112 valence electrons. The van der Waals surface area contributed by atoms with Crippen molar-refractivity contribution in [1.82, 2.24) is 0 Å². The Morgan fingerprint density at radius 3 is 2.65 bits per heavy atom. The number of nitrogen functional groups attached to an aromatic ring is 1. The van der Waals surface area contributed by atoms with Crippen LogP contribution in [0.25, 0.3) is 0 Å². The number of ether oxygens (including phenoxy) is 3. The van der Waals surface area contributed by atoms with Crippen molar-refractivity contribution in [3.8, 4) is 0 Å². The third-order valence-corrected chi connectivity index (χ3v) is 3.40. The van der Waals surface area contributed by atoms with E-state index in [9.17, 15) is 0 Å². The van der Waals surface area contributed by atoms with Gasteiger partial charge in [-0.2, -0.15) is 0 Å². The Hall–Kier alpha value is -1.30. The fourth-order valence-corrected chi connectivity index (χ4v) is 2.36. The number of benzene rings is 1. The molecule has 5 heteroatoms. The minimum Gasteiger partial charge on any atom is -0.399 e. The van der Waals surface area contributed by atoms with Gasteiger partial charge in [0, 0.05) is 31.6 Å². The summed E-state index contributed by atoms with van der Waals surface area (Å²) in [5, 5.41) is 0. The Balaban J connectivity index is 1.60. The van der Waals surface area contributed by atoms with Crippen LogP contribution in [0.15, 0.2) is 18.2 Å². The molecule has 1 aromatic rings. The normalized spacial score (nSPS) is 13.8. The highest BCUT2D eigenvalue weighted by Gasteiger charge is 2.18. The van der Waals surface area contributed by atoms with E-state index >= 15 is 0 Å². The second-order valence-electron chi connectivity index (χ2n) is 4.84. The van der Waals surface area contributed by atoms with Crippen LogP contribution in [0.1, 0.15) is 5.56 Å². The molecule has 0 radical (unpaired) electrons. The van der Waals surface area contributed by atoms with E-state index in [2.05, 4.69) is 17.0 Å². The van der Waals surface area contributed by atoms with Gasteiger partial charge in [0.15, 0.2) is 0 Å². The number of fused-ring (bicyclic) bond motifs is 1. The molecule has 0 amide bonds. The standard InChI is InChI=1S/C15H24N2O3/c1-18-8-9-20-11-10-19-7-6-17-5-4-13-12-14(16)2-3-15(13)17/h2-3,12H,4-11,16H2,1H3. The lowest BCUT2D eigenvalue weighted by molar-refractivity contribution is 0.0265. The van der Waals surface area contributed by atoms with Crippen molar-refractivity contribution < 1.29 is 14.2 Å². The third-order valence-electron chi connectivity index (χ3n) is 3.40. The second-order valence-corrected chi connectivity index (χ2v) is 4.84. The van der Waals surface area contributed by atoms with E-state index in [4.69, 9.17) is 19.9 Å². The third kappa shape index (κ3) is 4.37. The maximum Gasteiger partial charge on any atom is 0.0701 e. The molecule has 0 bridgehead atoms. The first kappa shape index (κ1) is 15.1. The zero-order chi connectivity index (χ0) is 14.2. The number of rotatable bonds is 9. The predicted octanol–water partition coefficient (Wildman–Crippen LogP) is 1.31. The molecule has 0 atom stereocenters. The molecule has 0 spiro atoms. The van der Waals surface area contributed by atoms with Crippen LogP contribution in [0.2, 0.25) is 0 Å². The van der Waals surface area contributed by atoms with E-state index < -0.39 is 0 Å². The van der Waals surface area contributed by atoms with Crippen LogP contribution in [0, 0.1) is 0 Å². The fraction of sp³-hybridized carbons (Fsp3) is 0.600. The van der Waals surface area contributed by atoms with Crippen molar-refractivity contribution in [2.24, 2.45) is 0 Å². The maximum atomic E-state index is 5.80. The van der Waals surface area contributed by atoms with Crippen molar-refractivity contribution in [2.75, 3.05) is 63.9 Å². The molecule has 1 aliphatic heterocycles. The van der Waals surface area contributed by atoms with Gasteiger partial charge in [-0.1, -0.05) is 0 Å². The summed E-state index contributed by atoms with van der Waals surface area (Å²) < 4.78 is 15.8. The summed E-state index contributed by atoms with van der Waals surface area (Å²) in [7, 11) is 1.67. The van der Waals surface area contributed by atoms with Gasteiger partial charge >= 0.3 is 0 Å². The van der Waals surface area contributed by atoms with Gasteiger partial charge in [-0.3, -0.25) is 0 Å². The summed E-state index contributed by atoms with van der Waals surface area (Å²) >= 11 is 0. The smallest absolute Gasteiger partial charge is 0.0701 e. The van der Waals surface area contributed by atoms with Gasteiger partial charge < -0.3 is 24.8 Å². The van der Waals surface area contributed by atoms with Gasteiger partial charge in [-0.05, 0) is 30.2 Å². The summed E-state index contributed by atoms with van der Waals surface area (Å²) in [6.07, 6.45) is 1.07. The van der Waals surface area contributed by atoms with E-state index in [0.29, 0.717) is 26.4 Å². The van der Waals surface area contributed by atoms with E-state index in [1.165, 1.54) is 11.3 Å². The van der Waals surface area contributed by atoms with Crippen molar-refractivity contribution in [3.05, 3.63) is 23.8 Å². The second kappa shape index (κ2) is 8.09. The summed E-state index contributed by atoms with van der Waals surface area (Å²) in [5.41, 5.74) is 9.27. The zero-order valence-corrected chi connectivity index (χ0v) is 12.1. The number of nitrogens with zero attached hydrogens (tertiary/aromatic N) is 1. The molecule has 2 N–H and O–H groups in total. The molecular formula is C15H24N2O3. The molecule has 20 heavy (non-hydrogen) atoms. The molecule has 0 saturated carbocycles. The average molecular weight is 280 g/mol. The molecular weight excluding hydrogens is 256 g/mol. The molecule has 1 aliphatic rings. The molecule has 5 nitrogen and oxygen atoms in total. The number of hydrogen-bond donors (Lipinski definition) is 1. The van der Waals surface area contributed by atoms with E-state index in [-0.39, 0.29) is 0 Å². The molecule has 0 aliphatic carbocycles. The van der Waals surface area contributed by atoms with Crippen molar-refractivity contribution in [3.63, 3.8) is 0 Å². The van der Waals surface area contributed by atoms with Crippen LogP contribution in [-0.4, -0.2) is 53.2 Å². The number of nitrogens with two attached hydrogens (primary N) is 1. The molecule has 0 fully saturated rings. The van der Waals surface area contributed by atoms with Gasteiger partial charge in [0.2, 0.25) is 0 Å². The van der Waals surface area contributed by atoms with E-state index in [0.717, 1.165) is 31.8 Å². The predicted molar refractivity (Wildman–Crippen MR) is 80.3 cm³/mol. The van der Waals surface area contributed by atoms with Gasteiger partial charge in [0.25, 0.3) is 0 Å². The Morgan fingerprint density at radius 2 is 1.85 bits per heavy atom. The Morgan fingerprint density at radius 1 is 1.10 bits per heavy atom. The molecule has 0 unspecified atom stereocenters. The van der Waals surface area contributed by atoms with E-state index in [1.54, 1.807) is 7.11 Å². The Bertz CT molecular complexity index is 412. The lowest BCUT2D eigenvalue weighted by atomic mass is 10.1. The lowest BCUT2D eigenvalue weighted by Crippen LogP contribution is -2.25. The highest BCUT2D eigenvalue weighted by atomic mass is 16.5. The number of methoxy groups -OCH3 is 1. The minimum atomic E-state index is 0.622. The average Bonchev–Trinajstić information content (AvgIpc) is 2.84. The topological polar surface area (TPSA) is 57.0 Å². The maximum absolute atomic E-state index is 5.80. The largest absolute Gasteiger partial charge is 0.399 e. The van der Waals surface area contributed by atoms with Gasteiger partial charge in [0.05, 0.1) is 33.0 Å². The van der Waals surface area contributed by atoms with Crippen LogP contribution >= 0.6 is 0 Å². The van der Waals surface area contributed by atoms with Gasteiger partial charge in [0.1, 0.15) is 0 Å². The monoisotopic (exact) mass is 280 g/mol. The quantitative estimate of drug-likeness (QED) is 0.546. The van der Waals surface area contributed by atoms with Crippen LogP contribution in [0.4, 0.5) is 11.4 Å². The zero-order valence-electron chi connectivity index (χ0n) is 12.1. The highest BCUT2D eigenvalue weighted by Crippen LogP contribution is 2.29. The van der Waals surface area contributed by atoms with Gasteiger partial charge in [-0.25, -0.2) is 0 Å². The van der Waals surface area contributed by atoms with Crippen LogP contribution in [0.5, 0.6) is 0 Å². The Kier molecular flexibility index (Phi) is 6.11. The first-order valence-electron chi connectivity index (χ1n) is 7.09. The lowest BCUT2D eigenvalue weighted by Gasteiger charge is -2.19. The molecule has 1 aromatic carbocycles. The summed E-state index contributed by atoms with van der Waals surface area (Å²) in [6.45, 7) is 5.19. The summed E-state index contributed by atoms with van der Waals surface area (Å²) in [4.78, 5) is 2.35. The highest BCUT2D eigenvalue weighted by molar-refractivity contribution is 5.62. The summed E-state index contributed by atoms with van der Waals surface area (Å²) in [5.74, 6) is 0. The SMILES string of the molecule is COCCOCCOCCN1CCc2cc(N)ccc21. The van der Waals surface area contributed by atoms with Crippen molar-refractivity contribution in [1.29, 1.82) is 0 Å². The summed E-state index contributed by atoms with van der Waals surface area (Å²) in [6, 6.07) is 6.13. The van der Waals surface area contributed by atoms with Crippen molar-refractivity contribution in [2.45, 2.75) is 6.42 Å². The van der Waals surface area contributed by atoms with Gasteiger partial charge in [-0.15, -0.1) is 0 Å². The number of anilines is 2. The molecule has 1 heterocycles. The van der Waals surface area contributed by atoms with Crippen LogP contribution in [-0.2, 0) is 20.6 Å². The van der Waals surface area contributed by atoms with E-state index in [1.807, 2.05) is 6.07 Å². The minimum absolute atomic E-state index is 0.622. The van der Waals surface area contributed by atoms with Crippen molar-refractivity contribution >= 4 is 11.4 Å². The fourth-order valence-electron chi connectivity index (χ4n) is 2.36. The first-order valence-corrected chi connectivity index (χ1v) is 7.09. The molecule has 0 aromatic heterocycles. The molecule has 0 saturated heterocycles. The number of hydrogen-bond acceptors (Lipinski definition) is 5. The molecule has 2 rings (SSSR count).